The van der Waals surface area contributed by atoms with E-state index in [1.54, 1.807) is 6.20 Å². The summed E-state index contributed by atoms with van der Waals surface area (Å²) in [6.07, 6.45) is 1.80. The minimum atomic E-state index is 0.868. The Balaban J connectivity index is 2.16. The topological polar surface area (TPSA) is 40.2 Å². The van der Waals surface area contributed by atoms with Crippen LogP contribution < -0.4 is 15.5 Å². The quantitative estimate of drug-likeness (QED) is 0.861. The standard InChI is InChI=1S/C15H20N4/c1-4-16-15-11-13(8-9-17-15)18-12-6-5-7-14(10-12)19(2)3/h5-11H,4H2,1-3H3,(H2,16,17,18). The predicted octanol–water partition coefficient (Wildman–Crippen LogP) is 3.32. The summed E-state index contributed by atoms with van der Waals surface area (Å²) in [7, 11) is 4.07. The highest BCUT2D eigenvalue weighted by atomic mass is 15.1. The molecule has 2 N–H and O–H groups in total. The van der Waals surface area contributed by atoms with Gasteiger partial charge in [0.15, 0.2) is 0 Å². The summed E-state index contributed by atoms with van der Waals surface area (Å²) in [5, 5.41) is 6.60. The maximum atomic E-state index is 4.26. The van der Waals surface area contributed by atoms with E-state index >= 15 is 0 Å². The Kier molecular flexibility index (Phi) is 4.23. The van der Waals surface area contributed by atoms with Gasteiger partial charge in [-0.05, 0) is 31.2 Å². The van der Waals surface area contributed by atoms with Crippen LogP contribution in [0, 0.1) is 0 Å². The Labute approximate surface area is 114 Å². The molecule has 0 aliphatic carbocycles. The van der Waals surface area contributed by atoms with Crippen molar-refractivity contribution in [1.82, 2.24) is 4.98 Å². The molecule has 1 aromatic carbocycles. The van der Waals surface area contributed by atoms with Crippen molar-refractivity contribution in [2.24, 2.45) is 0 Å². The molecular formula is C15H20N4. The lowest BCUT2D eigenvalue weighted by Crippen LogP contribution is -2.08. The lowest BCUT2D eigenvalue weighted by atomic mass is 10.2. The minimum absolute atomic E-state index is 0.868. The molecule has 1 heterocycles. The normalized spacial score (nSPS) is 10.1. The molecular weight excluding hydrogens is 236 g/mol. The molecule has 0 bridgehead atoms. The summed E-state index contributed by atoms with van der Waals surface area (Å²) < 4.78 is 0. The summed E-state index contributed by atoms with van der Waals surface area (Å²) in [5.41, 5.74) is 3.27. The van der Waals surface area contributed by atoms with Gasteiger partial charge in [0.05, 0.1) is 0 Å². The highest BCUT2D eigenvalue weighted by Crippen LogP contribution is 2.22. The van der Waals surface area contributed by atoms with E-state index in [2.05, 4.69) is 45.6 Å². The molecule has 0 radical (unpaired) electrons. The summed E-state index contributed by atoms with van der Waals surface area (Å²) in [6, 6.07) is 12.3. The summed E-state index contributed by atoms with van der Waals surface area (Å²) in [4.78, 5) is 6.34. The number of benzene rings is 1. The number of hydrogen-bond acceptors (Lipinski definition) is 4. The van der Waals surface area contributed by atoms with Crippen LogP contribution in [0.5, 0.6) is 0 Å². The van der Waals surface area contributed by atoms with Crippen molar-refractivity contribution >= 4 is 22.9 Å². The van der Waals surface area contributed by atoms with Crippen molar-refractivity contribution in [3.8, 4) is 0 Å². The Hall–Kier alpha value is -2.23. The molecule has 4 nitrogen and oxygen atoms in total. The Bertz CT molecular complexity index is 537. The van der Waals surface area contributed by atoms with Crippen molar-refractivity contribution in [2.75, 3.05) is 36.2 Å². The van der Waals surface area contributed by atoms with Crippen LogP contribution in [-0.2, 0) is 0 Å². The largest absolute Gasteiger partial charge is 0.378 e. The molecule has 0 unspecified atom stereocenters. The summed E-state index contributed by atoms with van der Waals surface area (Å²) >= 11 is 0. The maximum Gasteiger partial charge on any atom is 0.127 e. The summed E-state index contributed by atoms with van der Waals surface area (Å²) in [5.74, 6) is 0.885. The third kappa shape index (κ3) is 3.61. The van der Waals surface area contributed by atoms with Crippen LogP contribution >= 0.6 is 0 Å². The SMILES string of the molecule is CCNc1cc(Nc2cccc(N(C)C)c2)ccn1. The molecule has 0 fully saturated rings. The molecule has 19 heavy (non-hydrogen) atoms. The van der Waals surface area contributed by atoms with Crippen LogP contribution in [-0.4, -0.2) is 25.6 Å². The van der Waals surface area contributed by atoms with Crippen LogP contribution in [0.3, 0.4) is 0 Å². The second-order valence-electron chi connectivity index (χ2n) is 4.53. The van der Waals surface area contributed by atoms with Gasteiger partial charge in [0.25, 0.3) is 0 Å². The first kappa shape index (κ1) is 13.2. The number of nitrogens with zero attached hydrogens (tertiary/aromatic N) is 2. The smallest absolute Gasteiger partial charge is 0.127 e. The molecule has 0 aliphatic rings. The third-order valence-corrected chi connectivity index (χ3v) is 2.77. The van der Waals surface area contributed by atoms with Crippen molar-refractivity contribution in [1.29, 1.82) is 0 Å². The molecule has 4 heteroatoms. The molecule has 2 aromatic rings. The molecule has 0 aliphatic heterocycles. The van der Waals surface area contributed by atoms with Gasteiger partial charge in [-0.2, -0.15) is 0 Å². The number of aromatic nitrogens is 1. The van der Waals surface area contributed by atoms with Crippen LogP contribution in [0.4, 0.5) is 22.9 Å². The van der Waals surface area contributed by atoms with Gasteiger partial charge < -0.3 is 15.5 Å². The monoisotopic (exact) mass is 256 g/mol. The second kappa shape index (κ2) is 6.09. The number of pyridine rings is 1. The Morgan fingerprint density at radius 3 is 2.63 bits per heavy atom. The fourth-order valence-corrected chi connectivity index (χ4v) is 1.81. The number of nitrogens with one attached hydrogen (secondary N) is 2. The van der Waals surface area contributed by atoms with Crippen LogP contribution in [0.1, 0.15) is 6.92 Å². The third-order valence-electron chi connectivity index (χ3n) is 2.77. The number of hydrogen-bond donors (Lipinski definition) is 2. The molecule has 0 atom stereocenters. The molecule has 100 valence electrons. The first-order chi connectivity index (χ1) is 9.19. The van der Waals surface area contributed by atoms with E-state index in [-0.39, 0.29) is 0 Å². The number of rotatable bonds is 5. The van der Waals surface area contributed by atoms with E-state index in [1.807, 2.05) is 32.3 Å². The van der Waals surface area contributed by atoms with Crippen LogP contribution in [0.15, 0.2) is 42.6 Å². The van der Waals surface area contributed by atoms with Gasteiger partial charge in [-0.25, -0.2) is 4.98 Å². The molecule has 2 rings (SSSR count). The average molecular weight is 256 g/mol. The van der Waals surface area contributed by atoms with Crippen molar-refractivity contribution < 1.29 is 0 Å². The summed E-state index contributed by atoms with van der Waals surface area (Å²) in [6.45, 7) is 2.93. The highest BCUT2D eigenvalue weighted by molar-refractivity contribution is 5.66. The minimum Gasteiger partial charge on any atom is -0.378 e. The first-order valence-electron chi connectivity index (χ1n) is 6.43. The van der Waals surface area contributed by atoms with E-state index in [0.717, 1.165) is 23.7 Å². The van der Waals surface area contributed by atoms with Crippen molar-refractivity contribution in [3.05, 3.63) is 42.6 Å². The first-order valence-corrected chi connectivity index (χ1v) is 6.43. The van der Waals surface area contributed by atoms with E-state index in [0.29, 0.717) is 0 Å². The molecule has 1 aromatic heterocycles. The van der Waals surface area contributed by atoms with E-state index in [1.165, 1.54) is 5.69 Å². The zero-order chi connectivity index (χ0) is 13.7. The van der Waals surface area contributed by atoms with E-state index < -0.39 is 0 Å². The van der Waals surface area contributed by atoms with Gasteiger partial charge in [0.2, 0.25) is 0 Å². The molecule has 0 saturated carbocycles. The lowest BCUT2D eigenvalue weighted by molar-refractivity contribution is 1.13. The van der Waals surface area contributed by atoms with E-state index in [9.17, 15) is 0 Å². The van der Waals surface area contributed by atoms with Crippen molar-refractivity contribution in [3.63, 3.8) is 0 Å². The van der Waals surface area contributed by atoms with Crippen molar-refractivity contribution in [2.45, 2.75) is 6.92 Å². The molecule has 0 saturated heterocycles. The Morgan fingerprint density at radius 2 is 1.89 bits per heavy atom. The number of anilines is 4. The van der Waals surface area contributed by atoms with Gasteiger partial charge in [0, 0.05) is 50.0 Å². The highest BCUT2D eigenvalue weighted by Gasteiger charge is 2.00. The van der Waals surface area contributed by atoms with Gasteiger partial charge in [-0.1, -0.05) is 6.07 Å². The zero-order valence-electron chi connectivity index (χ0n) is 11.6. The lowest BCUT2D eigenvalue weighted by Gasteiger charge is -2.14. The average Bonchev–Trinajstić information content (AvgIpc) is 2.40. The predicted molar refractivity (Wildman–Crippen MR) is 82.5 cm³/mol. The van der Waals surface area contributed by atoms with Crippen LogP contribution in [0.25, 0.3) is 0 Å². The van der Waals surface area contributed by atoms with Gasteiger partial charge in [-0.15, -0.1) is 0 Å². The molecule has 0 spiro atoms. The second-order valence-corrected chi connectivity index (χ2v) is 4.53. The van der Waals surface area contributed by atoms with Crippen LogP contribution in [0.2, 0.25) is 0 Å². The van der Waals surface area contributed by atoms with E-state index in [4.69, 9.17) is 0 Å². The Morgan fingerprint density at radius 1 is 1.11 bits per heavy atom. The van der Waals surface area contributed by atoms with Gasteiger partial charge in [-0.3, -0.25) is 0 Å². The fraction of sp³-hybridized carbons (Fsp3) is 0.267. The fourth-order valence-electron chi connectivity index (χ4n) is 1.81. The van der Waals surface area contributed by atoms with Gasteiger partial charge >= 0.3 is 0 Å². The molecule has 0 amide bonds. The zero-order valence-corrected chi connectivity index (χ0v) is 11.6. The van der Waals surface area contributed by atoms with Gasteiger partial charge in [0.1, 0.15) is 5.82 Å². The maximum absolute atomic E-state index is 4.26.